The van der Waals surface area contributed by atoms with Crippen molar-refractivity contribution in [3.63, 3.8) is 0 Å². The lowest BCUT2D eigenvalue weighted by Gasteiger charge is -2.13. The van der Waals surface area contributed by atoms with Crippen molar-refractivity contribution in [3.8, 4) is 0 Å². The minimum Gasteiger partial charge on any atom is -0.370 e. The van der Waals surface area contributed by atoms with Gasteiger partial charge < -0.3 is 5.32 Å². The zero-order valence-corrected chi connectivity index (χ0v) is 12.8. The van der Waals surface area contributed by atoms with E-state index in [9.17, 15) is 0 Å². The molecule has 2 heteroatoms. The van der Waals surface area contributed by atoms with Crippen LogP contribution < -0.4 is 5.32 Å². The van der Waals surface area contributed by atoms with Gasteiger partial charge in [-0.3, -0.25) is 0 Å². The van der Waals surface area contributed by atoms with Gasteiger partial charge in [-0.2, -0.15) is 0 Å². The highest BCUT2D eigenvalue weighted by Gasteiger charge is 2.08. The first kappa shape index (κ1) is 13.9. The van der Waals surface area contributed by atoms with Gasteiger partial charge in [0.15, 0.2) is 0 Å². The molecule has 1 N–H and O–H groups in total. The maximum absolute atomic E-state index is 4.95. The maximum Gasteiger partial charge on any atom is 0.129 e. The van der Waals surface area contributed by atoms with Crippen LogP contribution in [-0.4, -0.2) is 11.5 Å². The average Bonchev–Trinajstić information content (AvgIpc) is 2.53. The standard InChI is InChI=1S/C19H22N2/c1-3-7-16-13-15-11-10-14-8-5-6-9-17(14)18(15)21-19(16)20-12-4-2/h5-6,8-11,13H,3-4,7,12H2,1-2H3,(H,20,21). The van der Waals surface area contributed by atoms with Crippen LogP contribution in [-0.2, 0) is 6.42 Å². The first-order valence-corrected chi connectivity index (χ1v) is 7.88. The van der Waals surface area contributed by atoms with Crippen molar-refractivity contribution in [2.24, 2.45) is 0 Å². The topological polar surface area (TPSA) is 24.9 Å². The fourth-order valence-electron chi connectivity index (χ4n) is 2.81. The number of hydrogen-bond donors (Lipinski definition) is 1. The fourth-order valence-corrected chi connectivity index (χ4v) is 2.81. The number of aryl methyl sites for hydroxylation is 1. The summed E-state index contributed by atoms with van der Waals surface area (Å²) in [6, 6.07) is 15.2. The summed E-state index contributed by atoms with van der Waals surface area (Å²) in [5.74, 6) is 1.06. The molecule has 0 aliphatic carbocycles. The van der Waals surface area contributed by atoms with Crippen LogP contribution in [0.5, 0.6) is 0 Å². The van der Waals surface area contributed by atoms with Crippen LogP contribution in [0.2, 0.25) is 0 Å². The number of nitrogens with one attached hydrogen (secondary N) is 1. The van der Waals surface area contributed by atoms with E-state index in [1.54, 1.807) is 0 Å². The van der Waals surface area contributed by atoms with E-state index in [0.29, 0.717) is 0 Å². The van der Waals surface area contributed by atoms with E-state index in [1.807, 2.05) is 0 Å². The van der Waals surface area contributed by atoms with E-state index in [-0.39, 0.29) is 0 Å². The van der Waals surface area contributed by atoms with Crippen molar-refractivity contribution in [3.05, 3.63) is 48.0 Å². The van der Waals surface area contributed by atoms with Gasteiger partial charge >= 0.3 is 0 Å². The van der Waals surface area contributed by atoms with Gasteiger partial charge in [0.2, 0.25) is 0 Å². The van der Waals surface area contributed by atoms with Crippen LogP contribution >= 0.6 is 0 Å². The van der Waals surface area contributed by atoms with Gasteiger partial charge in [-0.15, -0.1) is 0 Å². The molecule has 0 atom stereocenters. The zero-order chi connectivity index (χ0) is 14.7. The molecule has 1 heterocycles. The van der Waals surface area contributed by atoms with Crippen molar-refractivity contribution in [2.75, 3.05) is 11.9 Å². The second-order valence-corrected chi connectivity index (χ2v) is 5.53. The Bertz CT molecular complexity index is 762. The second-order valence-electron chi connectivity index (χ2n) is 5.53. The number of fused-ring (bicyclic) bond motifs is 3. The third-order valence-electron chi connectivity index (χ3n) is 3.85. The highest BCUT2D eigenvalue weighted by Crippen LogP contribution is 2.28. The molecular weight excluding hydrogens is 256 g/mol. The van der Waals surface area contributed by atoms with Crippen LogP contribution in [0.25, 0.3) is 21.7 Å². The molecule has 0 amide bonds. The maximum atomic E-state index is 4.95. The Balaban J connectivity index is 2.21. The van der Waals surface area contributed by atoms with Crippen molar-refractivity contribution in [1.29, 1.82) is 0 Å². The van der Waals surface area contributed by atoms with Crippen LogP contribution in [0.3, 0.4) is 0 Å². The number of benzene rings is 2. The molecule has 3 aromatic rings. The van der Waals surface area contributed by atoms with E-state index in [0.717, 1.165) is 37.1 Å². The highest BCUT2D eigenvalue weighted by atomic mass is 15.0. The van der Waals surface area contributed by atoms with Gasteiger partial charge in [0, 0.05) is 17.3 Å². The molecule has 2 aromatic carbocycles. The molecule has 0 bridgehead atoms. The van der Waals surface area contributed by atoms with Crippen molar-refractivity contribution >= 4 is 27.5 Å². The Labute approximate surface area is 126 Å². The number of hydrogen-bond acceptors (Lipinski definition) is 2. The molecule has 0 aliphatic heterocycles. The lowest BCUT2D eigenvalue weighted by Crippen LogP contribution is -2.05. The summed E-state index contributed by atoms with van der Waals surface area (Å²) in [6.45, 7) is 5.37. The first-order valence-electron chi connectivity index (χ1n) is 7.88. The van der Waals surface area contributed by atoms with Crippen LogP contribution in [0.4, 0.5) is 5.82 Å². The molecule has 0 radical (unpaired) electrons. The SMILES string of the molecule is CCCNc1nc2c(ccc3ccccc32)cc1CCC. The number of rotatable bonds is 5. The molecule has 0 unspecified atom stereocenters. The average molecular weight is 278 g/mol. The third kappa shape index (κ3) is 2.71. The molecular formula is C19H22N2. The zero-order valence-electron chi connectivity index (χ0n) is 12.8. The van der Waals surface area contributed by atoms with Gasteiger partial charge in [-0.25, -0.2) is 4.98 Å². The number of anilines is 1. The molecule has 0 saturated heterocycles. The summed E-state index contributed by atoms with van der Waals surface area (Å²) in [4.78, 5) is 4.95. The number of pyridine rings is 1. The number of aromatic nitrogens is 1. The first-order chi connectivity index (χ1) is 10.3. The largest absolute Gasteiger partial charge is 0.370 e. The quantitative estimate of drug-likeness (QED) is 0.652. The highest BCUT2D eigenvalue weighted by molar-refractivity contribution is 6.05. The van der Waals surface area contributed by atoms with E-state index in [4.69, 9.17) is 4.98 Å². The molecule has 2 nitrogen and oxygen atoms in total. The fraction of sp³-hybridized carbons (Fsp3) is 0.316. The summed E-state index contributed by atoms with van der Waals surface area (Å²) in [5, 5.41) is 7.21. The predicted molar refractivity (Wildman–Crippen MR) is 92.0 cm³/mol. The summed E-state index contributed by atoms with van der Waals surface area (Å²) in [5.41, 5.74) is 2.43. The van der Waals surface area contributed by atoms with Crippen LogP contribution in [0.1, 0.15) is 32.3 Å². The molecule has 21 heavy (non-hydrogen) atoms. The van der Waals surface area contributed by atoms with Crippen molar-refractivity contribution < 1.29 is 0 Å². The summed E-state index contributed by atoms with van der Waals surface area (Å²) in [7, 11) is 0. The molecule has 0 fully saturated rings. The van der Waals surface area contributed by atoms with E-state index >= 15 is 0 Å². The normalized spacial score (nSPS) is 11.1. The molecule has 0 saturated carbocycles. The molecule has 0 spiro atoms. The third-order valence-corrected chi connectivity index (χ3v) is 3.85. The van der Waals surface area contributed by atoms with Gasteiger partial charge in [0.1, 0.15) is 5.82 Å². The molecule has 0 aliphatic rings. The van der Waals surface area contributed by atoms with E-state index < -0.39 is 0 Å². The van der Waals surface area contributed by atoms with Gasteiger partial charge in [-0.05, 0) is 29.9 Å². The Morgan fingerprint density at radius 2 is 1.76 bits per heavy atom. The van der Waals surface area contributed by atoms with Gasteiger partial charge in [0.25, 0.3) is 0 Å². The van der Waals surface area contributed by atoms with Gasteiger partial charge in [-0.1, -0.05) is 56.7 Å². The lowest BCUT2D eigenvalue weighted by atomic mass is 10.0. The van der Waals surface area contributed by atoms with Crippen LogP contribution in [0, 0.1) is 0 Å². The van der Waals surface area contributed by atoms with E-state index in [1.165, 1.54) is 21.7 Å². The van der Waals surface area contributed by atoms with E-state index in [2.05, 4.69) is 61.6 Å². The summed E-state index contributed by atoms with van der Waals surface area (Å²) < 4.78 is 0. The smallest absolute Gasteiger partial charge is 0.129 e. The van der Waals surface area contributed by atoms with Crippen molar-refractivity contribution in [2.45, 2.75) is 33.1 Å². The Hall–Kier alpha value is -2.09. The Morgan fingerprint density at radius 1 is 0.952 bits per heavy atom. The molecule has 108 valence electrons. The Kier molecular flexibility index (Phi) is 4.05. The van der Waals surface area contributed by atoms with Gasteiger partial charge in [0.05, 0.1) is 5.52 Å². The predicted octanol–water partition coefficient (Wildman–Crippen LogP) is 5.16. The van der Waals surface area contributed by atoms with Crippen LogP contribution in [0.15, 0.2) is 42.5 Å². The summed E-state index contributed by atoms with van der Waals surface area (Å²) in [6.07, 6.45) is 3.32. The molecule has 3 rings (SSSR count). The lowest BCUT2D eigenvalue weighted by molar-refractivity contribution is 0.906. The molecule has 1 aromatic heterocycles. The van der Waals surface area contributed by atoms with Crippen molar-refractivity contribution in [1.82, 2.24) is 4.98 Å². The monoisotopic (exact) mass is 278 g/mol. The Morgan fingerprint density at radius 3 is 2.57 bits per heavy atom. The second kappa shape index (κ2) is 6.13. The minimum absolute atomic E-state index is 0.972. The summed E-state index contributed by atoms with van der Waals surface area (Å²) >= 11 is 0. The number of nitrogens with zero attached hydrogens (tertiary/aromatic N) is 1. The minimum atomic E-state index is 0.972.